The first-order valence-electron chi connectivity index (χ1n) is 17.0. The Kier molecular flexibility index (Phi) is 19.5. The number of rotatable bonds is 25. The maximum absolute atomic E-state index is 11.9. The van der Waals surface area contributed by atoms with Gasteiger partial charge in [-0.1, -0.05) is 116 Å². The van der Waals surface area contributed by atoms with Crippen molar-refractivity contribution in [1.29, 1.82) is 0 Å². The van der Waals surface area contributed by atoms with E-state index in [0.29, 0.717) is 6.42 Å². The maximum Gasteiger partial charge on any atom is 0.164 e. The molecule has 0 fully saturated rings. The van der Waals surface area contributed by atoms with Gasteiger partial charge in [0.15, 0.2) is 5.78 Å². The molecule has 5 heteroatoms. The SMILES string of the molecule is CCCCCCCCCCc1ccc(/N=N/c2ccc(OCCCCCCCCCC(O)C(=O)C(C)CC)cc2)cc1. The molecule has 0 aromatic heterocycles. The molecule has 2 aromatic carbocycles. The van der Waals surface area contributed by atoms with Gasteiger partial charge in [0.25, 0.3) is 0 Å². The molecule has 0 saturated carbocycles. The summed E-state index contributed by atoms with van der Waals surface area (Å²) in [4.78, 5) is 11.9. The van der Waals surface area contributed by atoms with Crippen LogP contribution in [-0.4, -0.2) is 23.6 Å². The maximum atomic E-state index is 11.9. The second-order valence-corrected chi connectivity index (χ2v) is 11.9. The van der Waals surface area contributed by atoms with Crippen molar-refractivity contribution in [3.8, 4) is 5.75 Å². The number of unbranched alkanes of at least 4 members (excludes halogenated alkanes) is 13. The molecule has 0 aliphatic heterocycles. The van der Waals surface area contributed by atoms with Crippen LogP contribution in [0.1, 0.15) is 135 Å². The topological polar surface area (TPSA) is 71.2 Å². The third-order valence-electron chi connectivity index (χ3n) is 8.19. The Morgan fingerprint density at radius 1 is 0.690 bits per heavy atom. The number of carbonyl (C=O) groups is 1. The van der Waals surface area contributed by atoms with Crippen molar-refractivity contribution < 1.29 is 14.6 Å². The van der Waals surface area contributed by atoms with Gasteiger partial charge in [-0.2, -0.15) is 10.2 Å². The van der Waals surface area contributed by atoms with E-state index >= 15 is 0 Å². The third kappa shape index (κ3) is 16.2. The number of benzene rings is 2. The standard InChI is InChI=1S/C37H58N2O3/c1-4-6-7-8-9-11-14-17-20-32-22-24-33(25-23-32)38-39-34-26-28-35(29-27-34)42-30-19-16-13-10-12-15-18-21-36(40)37(41)31(3)5-2/h22-29,31,36,40H,4-21,30H2,1-3H3/b39-38+. The molecule has 0 saturated heterocycles. The van der Waals surface area contributed by atoms with Crippen LogP contribution in [0.25, 0.3) is 0 Å². The summed E-state index contributed by atoms with van der Waals surface area (Å²) < 4.78 is 5.90. The molecule has 234 valence electrons. The molecule has 2 unspecified atom stereocenters. The average Bonchev–Trinajstić information content (AvgIpc) is 3.02. The number of Topliss-reactive ketones (excluding diaryl/α,β-unsaturated/α-hetero) is 1. The molecule has 5 nitrogen and oxygen atoms in total. The smallest absolute Gasteiger partial charge is 0.164 e. The predicted molar refractivity (Wildman–Crippen MR) is 176 cm³/mol. The molecular formula is C37H58N2O3. The summed E-state index contributed by atoms with van der Waals surface area (Å²) in [5.41, 5.74) is 3.08. The lowest BCUT2D eigenvalue weighted by atomic mass is 9.96. The van der Waals surface area contributed by atoms with E-state index in [1.807, 2.05) is 38.1 Å². The highest BCUT2D eigenvalue weighted by Crippen LogP contribution is 2.22. The van der Waals surface area contributed by atoms with Crippen molar-refractivity contribution in [3.63, 3.8) is 0 Å². The highest BCUT2D eigenvalue weighted by atomic mass is 16.5. The third-order valence-corrected chi connectivity index (χ3v) is 8.19. The fraction of sp³-hybridized carbons (Fsp3) is 0.649. The lowest BCUT2D eigenvalue weighted by Crippen LogP contribution is -2.26. The van der Waals surface area contributed by atoms with Crippen molar-refractivity contribution in [1.82, 2.24) is 0 Å². The first-order chi connectivity index (χ1) is 20.5. The molecule has 0 aliphatic carbocycles. The van der Waals surface area contributed by atoms with E-state index in [-0.39, 0.29) is 11.7 Å². The molecule has 0 amide bonds. The minimum Gasteiger partial charge on any atom is -0.494 e. The normalized spacial score (nSPS) is 13.0. The van der Waals surface area contributed by atoms with Crippen molar-refractivity contribution in [2.75, 3.05) is 6.61 Å². The molecule has 42 heavy (non-hydrogen) atoms. The summed E-state index contributed by atoms with van der Waals surface area (Å²) in [6.45, 7) is 6.88. The van der Waals surface area contributed by atoms with Crippen LogP contribution in [-0.2, 0) is 11.2 Å². The highest BCUT2D eigenvalue weighted by Gasteiger charge is 2.19. The predicted octanol–water partition coefficient (Wildman–Crippen LogP) is 11.3. The van der Waals surface area contributed by atoms with Crippen LogP contribution in [0.3, 0.4) is 0 Å². The molecule has 2 rings (SSSR count). The molecule has 0 spiro atoms. The molecule has 0 radical (unpaired) electrons. The van der Waals surface area contributed by atoms with E-state index in [2.05, 4.69) is 41.4 Å². The van der Waals surface area contributed by atoms with Crippen LogP contribution in [0.5, 0.6) is 5.75 Å². The zero-order chi connectivity index (χ0) is 30.3. The molecular weight excluding hydrogens is 520 g/mol. The van der Waals surface area contributed by atoms with E-state index in [1.54, 1.807) is 0 Å². The molecule has 2 aromatic rings. The van der Waals surface area contributed by atoms with E-state index in [1.165, 1.54) is 69.8 Å². The summed E-state index contributed by atoms with van der Waals surface area (Å²) in [6.07, 6.45) is 20.3. The molecule has 0 aliphatic rings. The van der Waals surface area contributed by atoms with Crippen LogP contribution in [0.4, 0.5) is 11.4 Å². The summed E-state index contributed by atoms with van der Waals surface area (Å²) in [5, 5.41) is 18.8. The van der Waals surface area contributed by atoms with E-state index < -0.39 is 6.10 Å². The van der Waals surface area contributed by atoms with Crippen molar-refractivity contribution in [3.05, 3.63) is 54.1 Å². The van der Waals surface area contributed by atoms with Gasteiger partial charge in [-0.05, 0) is 74.1 Å². The zero-order valence-corrected chi connectivity index (χ0v) is 26.9. The Morgan fingerprint density at radius 2 is 1.19 bits per heavy atom. The Hall–Kier alpha value is -2.53. The zero-order valence-electron chi connectivity index (χ0n) is 26.9. The number of nitrogens with zero attached hydrogens (tertiary/aromatic N) is 2. The van der Waals surface area contributed by atoms with Gasteiger partial charge >= 0.3 is 0 Å². The van der Waals surface area contributed by atoms with Gasteiger partial charge < -0.3 is 9.84 Å². The minimum absolute atomic E-state index is 0.00129. The number of azo groups is 1. The first kappa shape index (κ1) is 35.7. The summed E-state index contributed by atoms with van der Waals surface area (Å²) in [7, 11) is 0. The van der Waals surface area contributed by atoms with Gasteiger partial charge in [0.1, 0.15) is 11.9 Å². The van der Waals surface area contributed by atoms with Crippen LogP contribution in [0.15, 0.2) is 58.8 Å². The van der Waals surface area contributed by atoms with Crippen LogP contribution in [0.2, 0.25) is 0 Å². The van der Waals surface area contributed by atoms with Gasteiger partial charge in [-0.15, -0.1) is 0 Å². The number of hydrogen-bond acceptors (Lipinski definition) is 5. The van der Waals surface area contributed by atoms with E-state index in [9.17, 15) is 9.90 Å². The number of carbonyl (C=O) groups excluding carboxylic acids is 1. The summed E-state index contributed by atoms with van der Waals surface area (Å²) in [6, 6.07) is 16.3. The van der Waals surface area contributed by atoms with Gasteiger partial charge in [-0.3, -0.25) is 4.79 Å². The van der Waals surface area contributed by atoms with Gasteiger partial charge in [0, 0.05) is 5.92 Å². The number of aryl methyl sites for hydroxylation is 1. The minimum atomic E-state index is -0.777. The Labute approximate surface area is 256 Å². The van der Waals surface area contributed by atoms with Crippen molar-refractivity contribution in [2.45, 2.75) is 142 Å². The van der Waals surface area contributed by atoms with Crippen LogP contribution in [0, 0.1) is 5.92 Å². The van der Waals surface area contributed by atoms with Crippen molar-refractivity contribution in [2.24, 2.45) is 16.1 Å². The fourth-order valence-corrected chi connectivity index (χ4v) is 5.10. The van der Waals surface area contributed by atoms with Crippen LogP contribution < -0.4 is 4.74 Å². The van der Waals surface area contributed by atoms with Gasteiger partial charge in [0.05, 0.1) is 18.0 Å². The Bertz CT molecular complexity index is 972. The highest BCUT2D eigenvalue weighted by molar-refractivity contribution is 5.84. The molecule has 0 heterocycles. The van der Waals surface area contributed by atoms with Gasteiger partial charge in [0.2, 0.25) is 0 Å². The number of hydrogen-bond donors (Lipinski definition) is 1. The Balaban J connectivity index is 1.51. The molecule has 1 N–H and O–H groups in total. The molecule has 0 bridgehead atoms. The number of ether oxygens (including phenoxy) is 1. The van der Waals surface area contributed by atoms with Gasteiger partial charge in [-0.25, -0.2) is 0 Å². The lowest BCUT2D eigenvalue weighted by Gasteiger charge is -2.13. The largest absolute Gasteiger partial charge is 0.494 e. The second kappa shape index (κ2) is 23.0. The lowest BCUT2D eigenvalue weighted by molar-refractivity contribution is -0.131. The number of aliphatic hydroxyl groups excluding tert-OH is 1. The number of ketones is 1. The van der Waals surface area contributed by atoms with Crippen LogP contribution >= 0.6 is 0 Å². The summed E-state index contributed by atoms with van der Waals surface area (Å²) in [5.74, 6) is 0.833. The van der Waals surface area contributed by atoms with E-state index in [0.717, 1.165) is 68.7 Å². The summed E-state index contributed by atoms with van der Waals surface area (Å²) >= 11 is 0. The Morgan fingerprint density at radius 3 is 1.76 bits per heavy atom. The fourth-order valence-electron chi connectivity index (χ4n) is 5.10. The van der Waals surface area contributed by atoms with Crippen molar-refractivity contribution >= 4 is 17.2 Å². The second-order valence-electron chi connectivity index (χ2n) is 11.9. The monoisotopic (exact) mass is 578 g/mol. The first-order valence-corrected chi connectivity index (χ1v) is 17.0. The average molecular weight is 579 g/mol. The quantitative estimate of drug-likeness (QED) is 0.0940. The number of aliphatic hydroxyl groups is 1. The van der Waals surface area contributed by atoms with E-state index in [4.69, 9.17) is 4.74 Å². The molecule has 2 atom stereocenters.